The van der Waals surface area contributed by atoms with Crippen LogP contribution in [0.1, 0.15) is 6.92 Å². The van der Waals surface area contributed by atoms with Gasteiger partial charge in [0.15, 0.2) is 0 Å². The Bertz CT molecular complexity index is 24.3. The minimum atomic E-state index is -4.00. The van der Waals surface area contributed by atoms with Gasteiger partial charge < -0.3 is 0 Å². The van der Waals surface area contributed by atoms with E-state index in [-0.39, 0.29) is 30.9 Å². The fourth-order valence-corrected chi connectivity index (χ4v) is 0. The molecule has 0 aliphatic heterocycles. The van der Waals surface area contributed by atoms with Gasteiger partial charge in [-0.3, -0.25) is 0 Å². The first-order valence-electron chi connectivity index (χ1n) is 1.07. The molecule has 0 unspecified atom stereocenters. The molecule has 0 aromatic carbocycles. The van der Waals surface area contributed by atoms with Gasteiger partial charge in [0.25, 0.3) is 0 Å². The molecule has 0 aromatic heterocycles. The topological polar surface area (TPSA) is 0 Å². The zero-order valence-corrected chi connectivity index (χ0v) is 5.37. The van der Waals surface area contributed by atoms with E-state index < -0.39 is 6.18 Å². The molecule has 0 nitrogen and oxygen atoms in total. The predicted octanol–water partition coefficient (Wildman–Crippen LogP) is 2.19. The monoisotopic (exact) mass is 212 g/mol. The highest BCUT2D eigenvalue weighted by molar-refractivity contribution is 14.0. The molecule has 0 N–H and O–H groups in total. The molecule has 0 saturated heterocycles. The van der Waals surface area contributed by atoms with E-state index in [0.717, 1.165) is 0 Å². The van der Waals surface area contributed by atoms with Gasteiger partial charge in [-0.05, 0) is 0 Å². The fourth-order valence-electron chi connectivity index (χ4n) is 0. The van der Waals surface area contributed by atoms with Crippen molar-refractivity contribution in [1.82, 2.24) is 0 Å². The van der Waals surface area contributed by atoms with Gasteiger partial charge in [-0.25, -0.2) is 0 Å². The highest BCUT2D eigenvalue weighted by Crippen LogP contribution is 2.10. The van der Waals surface area contributed by atoms with Crippen LogP contribution < -0.4 is 0 Å². The van der Waals surface area contributed by atoms with E-state index in [9.17, 15) is 13.2 Å². The van der Waals surface area contributed by atoms with E-state index in [4.69, 9.17) is 0 Å². The van der Waals surface area contributed by atoms with Crippen molar-refractivity contribution in [3.63, 3.8) is 0 Å². The Labute approximate surface area is 50.7 Å². The molecular formula is C2H4F3I. The van der Waals surface area contributed by atoms with Crippen molar-refractivity contribution in [1.29, 1.82) is 0 Å². The number of hydrogen-bond acceptors (Lipinski definition) is 0. The maximum Gasteiger partial charge on any atom is 0.386 e. The van der Waals surface area contributed by atoms with E-state index in [1.807, 2.05) is 0 Å². The molecule has 4 heteroatoms. The molecule has 6 heavy (non-hydrogen) atoms. The Kier molecular flexibility index (Phi) is 4.30. The van der Waals surface area contributed by atoms with Crippen LogP contribution in [0.15, 0.2) is 0 Å². The maximum atomic E-state index is 10.4. The van der Waals surface area contributed by atoms with Gasteiger partial charge in [0.1, 0.15) is 0 Å². The largest absolute Gasteiger partial charge is 0.386 e. The lowest BCUT2D eigenvalue weighted by atomic mass is 10.8. The number of alkyl halides is 3. The van der Waals surface area contributed by atoms with Crippen LogP contribution in [0.5, 0.6) is 0 Å². The average Bonchev–Trinajstić information content (AvgIpc) is 0.722. The fraction of sp³-hybridized carbons (Fsp3) is 1.00. The molecular weight excluding hydrogens is 208 g/mol. The van der Waals surface area contributed by atoms with Crippen LogP contribution in [-0.2, 0) is 0 Å². The minimum absolute atomic E-state index is 0. The summed E-state index contributed by atoms with van der Waals surface area (Å²) in [5, 5.41) is 0. The summed E-state index contributed by atoms with van der Waals surface area (Å²) in [6.07, 6.45) is -4.00. The van der Waals surface area contributed by atoms with Gasteiger partial charge in [0.05, 0.1) is 0 Å². The van der Waals surface area contributed by atoms with Crippen molar-refractivity contribution >= 4 is 24.0 Å². The van der Waals surface area contributed by atoms with Gasteiger partial charge >= 0.3 is 6.18 Å². The van der Waals surface area contributed by atoms with Crippen LogP contribution in [0, 0.1) is 0 Å². The Hall–Kier alpha value is 0.520. The molecule has 0 aliphatic rings. The molecule has 0 fully saturated rings. The van der Waals surface area contributed by atoms with Gasteiger partial charge in [-0.15, -0.1) is 24.0 Å². The van der Waals surface area contributed by atoms with Crippen molar-refractivity contribution in [3.8, 4) is 0 Å². The molecule has 0 aliphatic carbocycles. The first-order chi connectivity index (χ1) is 2.00. The molecule has 0 saturated carbocycles. The van der Waals surface area contributed by atoms with Crippen molar-refractivity contribution in [2.24, 2.45) is 0 Å². The third-order valence-corrected chi connectivity index (χ3v) is 0. The highest BCUT2D eigenvalue weighted by atomic mass is 127. The second-order valence-corrected chi connectivity index (χ2v) is 0.781. The highest BCUT2D eigenvalue weighted by Gasteiger charge is 2.15. The summed E-state index contributed by atoms with van der Waals surface area (Å²) in [6, 6.07) is 0. The summed E-state index contributed by atoms with van der Waals surface area (Å²) in [5.41, 5.74) is 0. The standard InChI is InChI=1S/C2H3F3.HI/c1-2(3,4)5;/h1H3;1H. The predicted molar refractivity (Wildman–Crippen MR) is 27.1 cm³/mol. The lowest BCUT2D eigenvalue weighted by Gasteiger charge is -1.88. The molecule has 0 atom stereocenters. The summed E-state index contributed by atoms with van der Waals surface area (Å²) in [4.78, 5) is 0. The van der Waals surface area contributed by atoms with Gasteiger partial charge in [-0.2, -0.15) is 13.2 Å². The Morgan fingerprint density at radius 2 is 1.17 bits per heavy atom. The van der Waals surface area contributed by atoms with Gasteiger partial charge in [-0.1, -0.05) is 0 Å². The molecule has 0 radical (unpaired) electrons. The van der Waals surface area contributed by atoms with Crippen LogP contribution >= 0.6 is 24.0 Å². The van der Waals surface area contributed by atoms with Crippen molar-refractivity contribution in [2.75, 3.05) is 0 Å². The van der Waals surface area contributed by atoms with Crippen LogP contribution in [-0.4, -0.2) is 6.18 Å². The normalized spacial score (nSPS) is 10.0. The summed E-state index contributed by atoms with van der Waals surface area (Å²) in [7, 11) is 0. The second kappa shape index (κ2) is 2.65. The summed E-state index contributed by atoms with van der Waals surface area (Å²) >= 11 is 0. The Balaban J connectivity index is 0. The Morgan fingerprint density at radius 1 is 1.17 bits per heavy atom. The molecule has 0 spiro atoms. The van der Waals surface area contributed by atoms with Crippen LogP contribution in [0.2, 0.25) is 0 Å². The van der Waals surface area contributed by atoms with Gasteiger partial charge in [0.2, 0.25) is 0 Å². The molecule has 40 valence electrons. The van der Waals surface area contributed by atoms with Crippen molar-refractivity contribution in [3.05, 3.63) is 0 Å². The first kappa shape index (κ1) is 9.72. The quantitative estimate of drug-likeness (QED) is 0.540. The van der Waals surface area contributed by atoms with Crippen LogP contribution in [0.25, 0.3) is 0 Å². The van der Waals surface area contributed by atoms with E-state index in [1.54, 1.807) is 0 Å². The van der Waals surface area contributed by atoms with Crippen molar-refractivity contribution < 1.29 is 13.2 Å². The van der Waals surface area contributed by atoms with E-state index in [0.29, 0.717) is 0 Å². The number of rotatable bonds is 0. The molecule has 0 rings (SSSR count). The van der Waals surface area contributed by atoms with Crippen LogP contribution in [0.3, 0.4) is 0 Å². The maximum absolute atomic E-state index is 10.4. The molecule has 0 aromatic rings. The average molecular weight is 212 g/mol. The molecule has 0 amide bonds. The number of halogens is 4. The smallest absolute Gasteiger partial charge is 0.172 e. The molecule has 0 bridgehead atoms. The summed E-state index contributed by atoms with van der Waals surface area (Å²) < 4.78 is 31.1. The van der Waals surface area contributed by atoms with Gasteiger partial charge in [0, 0.05) is 6.92 Å². The lowest BCUT2D eigenvalue weighted by molar-refractivity contribution is -0.110. The summed E-state index contributed by atoms with van der Waals surface area (Å²) in [5.74, 6) is 0. The first-order valence-corrected chi connectivity index (χ1v) is 1.07. The zero-order valence-electron chi connectivity index (χ0n) is 3.04. The van der Waals surface area contributed by atoms with Crippen molar-refractivity contribution in [2.45, 2.75) is 13.1 Å². The molecule has 0 heterocycles. The van der Waals surface area contributed by atoms with Crippen LogP contribution in [0.4, 0.5) is 13.2 Å². The van der Waals surface area contributed by atoms with E-state index >= 15 is 0 Å². The van der Waals surface area contributed by atoms with E-state index in [2.05, 4.69) is 0 Å². The zero-order chi connectivity index (χ0) is 4.50. The minimum Gasteiger partial charge on any atom is -0.172 e. The van der Waals surface area contributed by atoms with E-state index in [1.165, 1.54) is 0 Å². The SMILES string of the molecule is CC(F)(F)F.I. The Morgan fingerprint density at radius 3 is 1.17 bits per heavy atom. The third-order valence-electron chi connectivity index (χ3n) is 0. The number of hydrogen-bond donors (Lipinski definition) is 0. The third kappa shape index (κ3) is 207. The lowest BCUT2D eigenvalue weighted by Crippen LogP contribution is -1.95. The second-order valence-electron chi connectivity index (χ2n) is 0.781. The summed E-state index contributed by atoms with van der Waals surface area (Å²) in [6.45, 7) is 0.188.